The molecule has 0 spiro atoms. The van der Waals surface area contributed by atoms with Gasteiger partial charge in [0.05, 0.1) is 16.1 Å². The van der Waals surface area contributed by atoms with Crippen LogP contribution in [0.1, 0.15) is 47.1 Å². The molecule has 1 atom stereocenters. The van der Waals surface area contributed by atoms with Gasteiger partial charge in [-0.1, -0.05) is 29.2 Å². The number of aryl methyl sites for hydroxylation is 1. The van der Waals surface area contributed by atoms with Crippen LogP contribution in [0.15, 0.2) is 40.7 Å². The molecule has 2 aliphatic heterocycles. The predicted molar refractivity (Wildman–Crippen MR) is 136 cm³/mol. The summed E-state index contributed by atoms with van der Waals surface area (Å²) in [6, 6.07) is 7.91. The number of benzene rings is 1. The van der Waals surface area contributed by atoms with Gasteiger partial charge in [0.2, 0.25) is 10.0 Å². The van der Waals surface area contributed by atoms with Crippen LogP contribution in [0.25, 0.3) is 0 Å². The minimum absolute atomic E-state index is 0.0738. The molecule has 3 rings (SSSR count). The van der Waals surface area contributed by atoms with E-state index in [-0.39, 0.29) is 12.0 Å². The Balaban J connectivity index is 1.90. The van der Waals surface area contributed by atoms with Crippen molar-refractivity contribution < 1.29 is 22.2 Å². The molecule has 0 saturated carbocycles. The molecular formula is C24H40BNO5SSi. The molecule has 2 fully saturated rings. The maximum atomic E-state index is 13.4. The summed E-state index contributed by atoms with van der Waals surface area (Å²) in [6.07, 6.45) is 0.149. The molecule has 184 valence electrons. The quantitative estimate of drug-likeness (QED) is 0.511. The maximum absolute atomic E-state index is 13.4. The highest BCUT2D eigenvalue weighted by molar-refractivity contribution is 7.89. The first-order valence-corrected chi connectivity index (χ1v) is 16.4. The van der Waals surface area contributed by atoms with E-state index in [4.69, 9.17) is 13.7 Å². The third-order valence-electron chi connectivity index (χ3n) is 6.88. The molecule has 2 aliphatic rings. The lowest BCUT2D eigenvalue weighted by Crippen LogP contribution is -2.41. The molecule has 2 saturated heterocycles. The van der Waals surface area contributed by atoms with Crippen molar-refractivity contribution in [2.75, 3.05) is 13.1 Å². The predicted octanol–water partition coefficient (Wildman–Crippen LogP) is 4.80. The Kier molecular flexibility index (Phi) is 7.46. The summed E-state index contributed by atoms with van der Waals surface area (Å²) in [5.74, 6) is 2.08. The van der Waals surface area contributed by atoms with Crippen LogP contribution in [0.2, 0.25) is 19.1 Å². The van der Waals surface area contributed by atoms with Gasteiger partial charge >= 0.3 is 7.12 Å². The zero-order valence-corrected chi connectivity index (χ0v) is 23.5. The highest BCUT2D eigenvalue weighted by Crippen LogP contribution is 2.39. The first kappa shape index (κ1) is 26.6. The first-order valence-electron chi connectivity index (χ1n) is 11.8. The van der Waals surface area contributed by atoms with E-state index in [9.17, 15) is 8.42 Å². The second kappa shape index (κ2) is 9.24. The van der Waals surface area contributed by atoms with Gasteiger partial charge in [-0.25, -0.2) is 8.42 Å². The number of rotatable bonds is 7. The molecule has 0 amide bonds. The van der Waals surface area contributed by atoms with E-state index in [1.807, 2.05) is 52.7 Å². The van der Waals surface area contributed by atoms with Crippen molar-refractivity contribution in [3.63, 3.8) is 0 Å². The molecule has 1 aromatic rings. The lowest BCUT2D eigenvalue weighted by atomic mass is 9.84. The van der Waals surface area contributed by atoms with Crippen LogP contribution >= 0.6 is 0 Å². The van der Waals surface area contributed by atoms with E-state index < -0.39 is 36.7 Å². The van der Waals surface area contributed by atoms with Crippen LogP contribution in [0.5, 0.6) is 0 Å². The summed E-state index contributed by atoms with van der Waals surface area (Å²) >= 11 is 0. The van der Waals surface area contributed by atoms with Crippen molar-refractivity contribution >= 4 is 25.5 Å². The van der Waals surface area contributed by atoms with Gasteiger partial charge in [0.25, 0.3) is 0 Å². The Labute approximate surface area is 202 Å². The summed E-state index contributed by atoms with van der Waals surface area (Å²) in [5, 5.41) is 0. The molecular weight excluding hydrogens is 453 g/mol. The van der Waals surface area contributed by atoms with Gasteiger partial charge in [-0.2, -0.15) is 4.31 Å². The van der Waals surface area contributed by atoms with E-state index >= 15 is 0 Å². The smallest absolute Gasteiger partial charge is 0.415 e. The minimum atomic E-state index is -3.59. The second-order valence-electron chi connectivity index (χ2n) is 11.3. The summed E-state index contributed by atoms with van der Waals surface area (Å²) in [5.41, 5.74) is 1.21. The van der Waals surface area contributed by atoms with E-state index in [0.29, 0.717) is 18.0 Å². The molecule has 33 heavy (non-hydrogen) atoms. The normalized spacial score (nSPS) is 24.8. The second-order valence-corrected chi connectivity index (χ2v) is 17.4. The minimum Gasteiger partial charge on any atom is -0.415 e. The standard InChI is InChI=1S/C24H40BNO5SSi/c1-18(2)29-33(8,9)17-21-16-26(32(27,28)22-12-10-19(3)11-13-22)15-20(21)14-25-30-23(4,5)24(6,7)31-25/h10-14,18,21H,15-17H2,1-9H3/b20-14-. The Morgan fingerprint density at radius 3 is 2.21 bits per heavy atom. The maximum Gasteiger partial charge on any atom is 0.487 e. The molecule has 2 heterocycles. The Bertz CT molecular complexity index is 973. The summed E-state index contributed by atoms with van der Waals surface area (Å²) in [7, 11) is -6.09. The molecule has 0 bridgehead atoms. The van der Waals surface area contributed by atoms with Crippen LogP contribution in [0.3, 0.4) is 0 Å². The van der Waals surface area contributed by atoms with Crippen LogP contribution in [-0.4, -0.2) is 58.6 Å². The summed E-state index contributed by atoms with van der Waals surface area (Å²) in [4.78, 5) is 0.332. The first-order chi connectivity index (χ1) is 15.0. The number of sulfonamides is 1. The van der Waals surface area contributed by atoms with E-state index in [2.05, 4.69) is 26.9 Å². The van der Waals surface area contributed by atoms with Crippen LogP contribution < -0.4 is 0 Å². The highest BCUT2D eigenvalue weighted by atomic mass is 32.2. The van der Waals surface area contributed by atoms with Crippen molar-refractivity contribution in [1.82, 2.24) is 4.31 Å². The van der Waals surface area contributed by atoms with E-state index in [1.54, 1.807) is 16.4 Å². The fourth-order valence-corrected chi connectivity index (χ4v) is 9.02. The molecule has 0 N–H and O–H groups in total. The Morgan fingerprint density at radius 2 is 1.70 bits per heavy atom. The number of nitrogens with zero attached hydrogens (tertiary/aromatic N) is 1. The van der Waals surface area contributed by atoms with Gasteiger partial charge in [0, 0.05) is 19.2 Å². The fourth-order valence-electron chi connectivity index (χ4n) is 4.60. The van der Waals surface area contributed by atoms with Crippen molar-refractivity contribution in [3.05, 3.63) is 41.4 Å². The average Bonchev–Trinajstić information content (AvgIpc) is 3.11. The molecule has 0 aliphatic carbocycles. The van der Waals surface area contributed by atoms with Gasteiger partial charge in [0.1, 0.15) is 0 Å². The third-order valence-corrected chi connectivity index (χ3v) is 11.3. The third kappa shape index (κ3) is 6.00. The SMILES string of the molecule is Cc1ccc(S(=O)(=O)N2C/C(=C/B3OC(C)(C)C(C)(C)O3)C(C[Si](C)(C)OC(C)C)C2)cc1. The molecule has 0 radical (unpaired) electrons. The summed E-state index contributed by atoms with van der Waals surface area (Å²) in [6.45, 7) is 19.4. The zero-order valence-electron chi connectivity index (χ0n) is 21.6. The van der Waals surface area contributed by atoms with E-state index in [1.165, 1.54) is 0 Å². The van der Waals surface area contributed by atoms with Gasteiger partial charge in [-0.3, -0.25) is 0 Å². The largest absolute Gasteiger partial charge is 0.487 e. The van der Waals surface area contributed by atoms with Crippen molar-refractivity contribution in [2.24, 2.45) is 5.92 Å². The Morgan fingerprint density at radius 1 is 1.15 bits per heavy atom. The van der Waals surface area contributed by atoms with Crippen LogP contribution in [0.4, 0.5) is 0 Å². The average molecular weight is 494 g/mol. The van der Waals surface area contributed by atoms with Crippen LogP contribution in [-0.2, 0) is 23.8 Å². The van der Waals surface area contributed by atoms with Gasteiger partial charge in [-0.15, -0.1) is 0 Å². The summed E-state index contributed by atoms with van der Waals surface area (Å²) < 4.78 is 47.2. The van der Waals surface area contributed by atoms with Crippen LogP contribution in [0, 0.1) is 12.8 Å². The molecule has 9 heteroatoms. The van der Waals surface area contributed by atoms with Gasteiger partial charge < -0.3 is 13.7 Å². The fraction of sp³-hybridized carbons (Fsp3) is 0.667. The molecule has 6 nitrogen and oxygen atoms in total. The lowest BCUT2D eigenvalue weighted by Gasteiger charge is -2.32. The Hall–Kier alpha value is -0.968. The number of hydrogen-bond donors (Lipinski definition) is 0. The number of hydrogen-bond acceptors (Lipinski definition) is 5. The zero-order chi connectivity index (χ0) is 24.8. The highest BCUT2D eigenvalue weighted by Gasteiger charge is 2.51. The lowest BCUT2D eigenvalue weighted by molar-refractivity contribution is 0.00578. The van der Waals surface area contributed by atoms with E-state index in [0.717, 1.165) is 17.2 Å². The van der Waals surface area contributed by atoms with Gasteiger partial charge in [0.15, 0.2) is 8.32 Å². The molecule has 1 aromatic carbocycles. The van der Waals surface area contributed by atoms with Crippen molar-refractivity contribution in [3.8, 4) is 0 Å². The topological polar surface area (TPSA) is 65.1 Å². The van der Waals surface area contributed by atoms with Crippen molar-refractivity contribution in [1.29, 1.82) is 0 Å². The monoisotopic (exact) mass is 493 g/mol. The van der Waals surface area contributed by atoms with Gasteiger partial charge in [-0.05, 0) is 85.7 Å². The molecule has 0 aromatic heterocycles. The van der Waals surface area contributed by atoms with Crippen molar-refractivity contribution in [2.45, 2.75) is 89.8 Å². The molecule has 1 unspecified atom stereocenters.